The maximum absolute atomic E-state index is 12.0. The normalized spacial score (nSPS) is 12.0. The number of imidazole rings is 1. The minimum atomic E-state index is -0.384. The van der Waals surface area contributed by atoms with Gasteiger partial charge in [-0.25, -0.2) is 9.78 Å². The van der Waals surface area contributed by atoms with Crippen LogP contribution in [0.1, 0.15) is 33.4 Å². The number of nitrogens with zero attached hydrogens (tertiary/aromatic N) is 2. The minimum absolute atomic E-state index is 0.102. The Labute approximate surface area is 147 Å². The molecule has 5 nitrogen and oxygen atoms in total. The maximum Gasteiger partial charge on any atom is 0.339 e. The molecule has 2 aromatic heterocycles. The van der Waals surface area contributed by atoms with E-state index in [1.54, 1.807) is 12.3 Å². The first kappa shape index (κ1) is 16.8. The summed E-state index contributed by atoms with van der Waals surface area (Å²) in [6.07, 6.45) is 3.59. The standard InChI is InChI=1S/C20H21N3O2/c1-5-17(15-9-7-6-8-10-15)22-18-11-16(20(24)25-4)12-23-14(3)13(2)21-19(18)23/h5-12,17,22H,1H2,2-4H3. The number of hydrogen-bond donors (Lipinski definition) is 1. The van der Waals surface area contributed by atoms with E-state index in [-0.39, 0.29) is 12.0 Å². The second-order valence-electron chi connectivity index (χ2n) is 5.88. The third-order valence-corrected chi connectivity index (χ3v) is 4.32. The lowest BCUT2D eigenvalue weighted by Gasteiger charge is -2.18. The molecule has 128 valence electrons. The van der Waals surface area contributed by atoms with Gasteiger partial charge in [0.05, 0.1) is 30.1 Å². The lowest BCUT2D eigenvalue weighted by molar-refractivity contribution is 0.0600. The molecule has 1 unspecified atom stereocenters. The summed E-state index contributed by atoms with van der Waals surface area (Å²) < 4.78 is 6.79. The molecule has 0 radical (unpaired) electrons. The number of hydrogen-bond acceptors (Lipinski definition) is 4. The van der Waals surface area contributed by atoms with Crippen LogP contribution in [0.25, 0.3) is 5.65 Å². The Hall–Kier alpha value is -3.08. The number of nitrogens with one attached hydrogen (secondary N) is 1. The fraction of sp³-hybridized carbons (Fsp3) is 0.200. The van der Waals surface area contributed by atoms with Crippen molar-refractivity contribution in [3.8, 4) is 0 Å². The Morgan fingerprint density at radius 3 is 2.68 bits per heavy atom. The summed E-state index contributed by atoms with van der Waals surface area (Å²) in [5.41, 5.74) is 4.98. The van der Waals surface area contributed by atoms with E-state index in [2.05, 4.69) is 16.9 Å². The number of esters is 1. The van der Waals surface area contributed by atoms with Crippen molar-refractivity contribution in [2.75, 3.05) is 12.4 Å². The lowest BCUT2D eigenvalue weighted by Crippen LogP contribution is -2.11. The summed E-state index contributed by atoms with van der Waals surface area (Å²) in [6, 6.07) is 11.7. The predicted molar refractivity (Wildman–Crippen MR) is 99.0 cm³/mol. The molecular weight excluding hydrogens is 314 g/mol. The number of benzene rings is 1. The smallest absolute Gasteiger partial charge is 0.339 e. The maximum atomic E-state index is 12.0. The molecule has 0 spiro atoms. The molecule has 0 saturated heterocycles. The van der Waals surface area contributed by atoms with E-state index in [9.17, 15) is 4.79 Å². The number of pyridine rings is 1. The van der Waals surface area contributed by atoms with Crippen LogP contribution in [-0.4, -0.2) is 22.5 Å². The van der Waals surface area contributed by atoms with Crippen LogP contribution >= 0.6 is 0 Å². The van der Waals surface area contributed by atoms with Gasteiger partial charge in [-0.05, 0) is 25.5 Å². The fourth-order valence-electron chi connectivity index (χ4n) is 2.81. The average Bonchev–Trinajstić information content (AvgIpc) is 2.94. The zero-order valence-corrected chi connectivity index (χ0v) is 14.6. The van der Waals surface area contributed by atoms with E-state index in [1.807, 2.05) is 54.7 Å². The van der Waals surface area contributed by atoms with Crippen molar-refractivity contribution in [1.82, 2.24) is 9.38 Å². The van der Waals surface area contributed by atoms with Crippen LogP contribution in [0.3, 0.4) is 0 Å². The number of methoxy groups -OCH3 is 1. The van der Waals surface area contributed by atoms with Crippen molar-refractivity contribution in [2.24, 2.45) is 0 Å². The van der Waals surface area contributed by atoms with Gasteiger partial charge >= 0.3 is 5.97 Å². The van der Waals surface area contributed by atoms with Crippen molar-refractivity contribution in [3.63, 3.8) is 0 Å². The van der Waals surface area contributed by atoms with Crippen molar-refractivity contribution in [1.29, 1.82) is 0 Å². The van der Waals surface area contributed by atoms with E-state index in [0.717, 1.165) is 28.3 Å². The Morgan fingerprint density at radius 2 is 2.04 bits per heavy atom. The third kappa shape index (κ3) is 3.13. The quantitative estimate of drug-likeness (QED) is 0.564. The van der Waals surface area contributed by atoms with Gasteiger partial charge in [-0.15, -0.1) is 6.58 Å². The van der Waals surface area contributed by atoms with Crippen molar-refractivity contribution < 1.29 is 9.53 Å². The lowest BCUT2D eigenvalue weighted by atomic mass is 10.1. The third-order valence-electron chi connectivity index (χ3n) is 4.32. The summed E-state index contributed by atoms with van der Waals surface area (Å²) in [6.45, 7) is 7.85. The van der Waals surface area contributed by atoms with Crippen molar-refractivity contribution in [2.45, 2.75) is 19.9 Å². The van der Waals surface area contributed by atoms with Crippen LogP contribution in [0.2, 0.25) is 0 Å². The Balaban J connectivity index is 2.12. The number of carbonyl (C=O) groups is 1. The van der Waals surface area contributed by atoms with Crippen LogP contribution in [0.4, 0.5) is 5.69 Å². The molecule has 1 atom stereocenters. The second kappa shape index (κ2) is 6.81. The van der Waals surface area contributed by atoms with Crippen LogP contribution in [-0.2, 0) is 4.74 Å². The van der Waals surface area contributed by atoms with Gasteiger partial charge in [-0.3, -0.25) is 0 Å². The van der Waals surface area contributed by atoms with E-state index in [0.29, 0.717) is 5.56 Å². The highest BCUT2D eigenvalue weighted by atomic mass is 16.5. The molecule has 3 aromatic rings. The summed E-state index contributed by atoms with van der Waals surface area (Å²) in [4.78, 5) is 16.7. The van der Waals surface area contributed by atoms with Crippen LogP contribution in [0, 0.1) is 13.8 Å². The topological polar surface area (TPSA) is 55.6 Å². The van der Waals surface area contributed by atoms with Gasteiger partial charge in [-0.1, -0.05) is 36.4 Å². The van der Waals surface area contributed by atoms with Gasteiger partial charge in [-0.2, -0.15) is 0 Å². The molecule has 0 bridgehead atoms. The Bertz CT molecular complexity index is 929. The van der Waals surface area contributed by atoms with Crippen molar-refractivity contribution in [3.05, 3.63) is 77.8 Å². The number of aromatic nitrogens is 2. The molecule has 0 amide bonds. The highest BCUT2D eigenvalue weighted by Crippen LogP contribution is 2.27. The first-order chi connectivity index (χ1) is 12.0. The Kier molecular flexibility index (Phi) is 4.57. The molecule has 0 aliphatic rings. The second-order valence-corrected chi connectivity index (χ2v) is 5.88. The predicted octanol–water partition coefficient (Wildman–Crippen LogP) is 4.08. The van der Waals surface area contributed by atoms with E-state index in [4.69, 9.17) is 4.74 Å². The molecule has 5 heteroatoms. The first-order valence-corrected chi connectivity index (χ1v) is 8.06. The zero-order chi connectivity index (χ0) is 18.0. The van der Waals surface area contributed by atoms with E-state index < -0.39 is 0 Å². The number of carbonyl (C=O) groups excluding carboxylic acids is 1. The molecule has 0 aliphatic carbocycles. The SMILES string of the molecule is C=CC(Nc1cc(C(=O)OC)cn2c(C)c(C)nc12)c1ccccc1. The summed E-state index contributed by atoms with van der Waals surface area (Å²) in [5, 5.41) is 3.44. The number of fused-ring (bicyclic) bond motifs is 1. The van der Waals surface area contributed by atoms with Gasteiger partial charge in [0, 0.05) is 11.9 Å². The van der Waals surface area contributed by atoms with Gasteiger partial charge in [0.25, 0.3) is 0 Å². The summed E-state index contributed by atoms with van der Waals surface area (Å²) >= 11 is 0. The van der Waals surface area contributed by atoms with E-state index in [1.165, 1.54) is 7.11 Å². The average molecular weight is 335 g/mol. The van der Waals surface area contributed by atoms with Crippen LogP contribution < -0.4 is 5.32 Å². The largest absolute Gasteiger partial charge is 0.465 e. The number of ether oxygens (including phenoxy) is 1. The Morgan fingerprint density at radius 1 is 1.32 bits per heavy atom. The van der Waals surface area contributed by atoms with Gasteiger partial charge in [0.15, 0.2) is 5.65 Å². The molecule has 25 heavy (non-hydrogen) atoms. The fourth-order valence-corrected chi connectivity index (χ4v) is 2.81. The molecule has 1 aromatic carbocycles. The van der Waals surface area contributed by atoms with Gasteiger partial charge in [0.2, 0.25) is 0 Å². The first-order valence-electron chi connectivity index (χ1n) is 8.06. The van der Waals surface area contributed by atoms with E-state index >= 15 is 0 Å². The molecule has 2 heterocycles. The number of rotatable bonds is 5. The minimum Gasteiger partial charge on any atom is -0.465 e. The highest BCUT2D eigenvalue weighted by Gasteiger charge is 2.17. The van der Waals surface area contributed by atoms with Gasteiger partial charge < -0.3 is 14.5 Å². The van der Waals surface area contributed by atoms with Crippen LogP contribution in [0.5, 0.6) is 0 Å². The molecule has 0 fully saturated rings. The number of aryl methyl sites for hydroxylation is 2. The monoisotopic (exact) mass is 335 g/mol. The molecule has 0 aliphatic heterocycles. The summed E-state index contributed by atoms with van der Waals surface area (Å²) in [7, 11) is 1.38. The molecule has 3 rings (SSSR count). The van der Waals surface area contributed by atoms with Crippen molar-refractivity contribution >= 4 is 17.3 Å². The summed E-state index contributed by atoms with van der Waals surface area (Å²) in [5.74, 6) is -0.384. The molecule has 1 N–H and O–H groups in total. The highest BCUT2D eigenvalue weighted by molar-refractivity contribution is 5.91. The number of anilines is 1. The molecule has 0 saturated carbocycles. The van der Waals surface area contributed by atoms with Crippen LogP contribution in [0.15, 0.2) is 55.3 Å². The zero-order valence-electron chi connectivity index (χ0n) is 14.6. The van der Waals surface area contributed by atoms with Gasteiger partial charge in [0.1, 0.15) is 0 Å². The molecular formula is C20H21N3O2.